The predicted octanol–water partition coefficient (Wildman–Crippen LogP) is 1.82. The Morgan fingerprint density at radius 1 is 1.56 bits per heavy atom. The number of anilines is 1. The standard InChI is InChI=1S/C14H20N2O2/c1-3-13(10-18-2)16-14(17)8-7-11-5-4-6-12(15)9-11/h4-9,13H,3,10,15H2,1-2H3,(H,16,17)/b8-7+. The van der Waals surface area contributed by atoms with E-state index >= 15 is 0 Å². The minimum atomic E-state index is -0.124. The molecule has 0 aliphatic carbocycles. The van der Waals surface area contributed by atoms with Gasteiger partial charge in [-0.2, -0.15) is 0 Å². The summed E-state index contributed by atoms with van der Waals surface area (Å²) in [6.45, 7) is 2.53. The van der Waals surface area contributed by atoms with Crippen molar-refractivity contribution < 1.29 is 9.53 Å². The van der Waals surface area contributed by atoms with Crippen molar-refractivity contribution in [3.05, 3.63) is 35.9 Å². The first-order valence-electron chi connectivity index (χ1n) is 5.98. The lowest BCUT2D eigenvalue weighted by atomic mass is 10.2. The summed E-state index contributed by atoms with van der Waals surface area (Å²) in [5.74, 6) is -0.124. The summed E-state index contributed by atoms with van der Waals surface area (Å²) < 4.78 is 5.02. The number of benzene rings is 1. The topological polar surface area (TPSA) is 64.3 Å². The van der Waals surface area contributed by atoms with Gasteiger partial charge in [-0.1, -0.05) is 19.1 Å². The van der Waals surface area contributed by atoms with Crippen molar-refractivity contribution >= 4 is 17.7 Å². The Hall–Kier alpha value is -1.81. The number of methoxy groups -OCH3 is 1. The Bertz CT molecular complexity index is 416. The highest BCUT2D eigenvalue weighted by Gasteiger charge is 2.07. The van der Waals surface area contributed by atoms with E-state index in [9.17, 15) is 4.79 Å². The number of nitrogens with one attached hydrogen (secondary N) is 1. The molecule has 1 atom stereocenters. The van der Waals surface area contributed by atoms with Crippen LogP contribution in [-0.4, -0.2) is 25.7 Å². The minimum Gasteiger partial charge on any atom is -0.399 e. The van der Waals surface area contributed by atoms with Crippen molar-refractivity contribution in [2.45, 2.75) is 19.4 Å². The van der Waals surface area contributed by atoms with Crippen LogP contribution in [0.2, 0.25) is 0 Å². The maximum absolute atomic E-state index is 11.7. The summed E-state index contributed by atoms with van der Waals surface area (Å²) in [5.41, 5.74) is 7.25. The molecule has 1 amide bonds. The highest BCUT2D eigenvalue weighted by Crippen LogP contribution is 2.07. The first-order chi connectivity index (χ1) is 8.65. The lowest BCUT2D eigenvalue weighted by Crippen LogP contribution is -2.36. The summed E-state index contributed by atoms with van der Waals surface area (Å²) in [6.07, 6.45) is 4.09. The van der Waals surface area contributed by atoms with Gasteiger partial charge in [0.05, 0.1) is 12.6 Å². The van der Waals surface area contributed by atoms with Gasteiger partial charge >= 0.3 is 0 Å². The highest BCUT2D eigenvalue weighted by atomic mass is 16.5. The molecule has 1 unspecified atom stereocenters. The van der Waals surface area contributed by atoms with Gasteiger partial charge < -0.3 is 15.8 Å². The van der Waals surface area contributed by atoms with E-state index in [1.807, 2.05) is 31.2 Å². The fourth-order valence-corrected chi connectivity index (χ4v) is 1.55. The SMILES string of the molecule is CCC(COC)NC(=O)/C=C/c1cccc(N)c1. The summed E-state index contributed by atoms with van der Waals surface area (Å²) >= 11 is 0. The van der Waals surface area contributed by atoms with Gasteiger partial charge in [0, 0.05) is 18.9 Å². The van der Waals surface area contributed by atoms with Gasteiger partial charge in [0.2, 0.25) is 5.91 Å². The first kappa shape index (κ1) is 14.3. The van der Waals surface area contributed by atoms with Gasteiger partial charge in [-0.05, 0) is 30.2 Å². The molecule has 0 aromatic heterocycles. The van der Waals surface area contributed by atoms with E-state index in [1.54, 1.807) is 13.2 Å². The van der Waals surface area contributed by atoms with Gasteiger partial charge in [-0.3, -0.25) is 4.79 Å². The van der Waals surface area contributed by atoms with E-state index < -0.39 is 0 Å². The summed E-state index contributed by atoms with van der Waals surface area (Å²) in [7, 11) is 1.62. The highest BCUT2D eigenvalue weighted by molar-refractivity contribution is 5.92. The van der Waals surface area contributed by atoms with E-state index in [0.29, 0.717) is 12.3 Å². The van der Waals surface area contributed by atoms with Crippen LogP contribution in [0.15, 0.2) is 30.3 Å². The lowest BCUT2D eigenvalue weighted by Gasteiger charge is -2.14. The molecule has 0 radical (unpaired) electrons. The first-order valence-corrected chi connectivity index (χ1v) is 5.98. The third-order valence-electron chi connectivity index (χ3n) is 2.54. The molecule has 4 nitrogen and oxygen atoms in total. The molecule has 1 aromatic carbocycles. The van der Waals surface area contributed by atoms with Crippen molar-refractivity contribution in [1.82, 2.24) is 5.32 Å². The van der Waals surface area contributed by atoms with Crippen LogP contribution in [-0.2, 0) is 9.53 Å². The van der Waals surface area contributed by atoms with Crippen molar-refractivity contribution in [2.24, 2.45) is 0 Å². The fourth-order valence-electron chi connectivity index (χ4n) is 1.55. The number of amides is 1. The molecular weight excluding hydrogens is 228 g/mol. The van der Waals surface area contributed by atoms with Crippen LogP contribution in [0.1, 0.15) is 18.9 Å². The molecule has 0 heterocycles. The number of carbonyl (C=O) groups excluding carboxylic acids is 1. The Labute approximate surface area is 108 Å². The Kier molecular flexibility index (Phi) is 5.94. The molecule has 1 rings (SSSR count). The number of carbonyl (C=O) groups is 1. The summed E-state index contributed by atoms with van der Waals surface area (Å²) in [6, 6.07) is 7.42. The molecule has 4 heteroatoms. The monoisotopic (exact) mass is 248 g/mol. The average molecular weight is 248 g/mol. The molecule has 0 saturated carbocycles. The van der Waals surface area contributed by atoms with E-state index in [1.165, 1.54) is 6.08 Å². The molecule has 0 aliphatic rings. The molecular formula is C14H20N2O2. The average Bonchev–Trinajstić information content (AvgIpc) is 2.36. The van der Waals surface area contributed by atoms with E-state index in [0.717, 1.165) is 12.0 Å². The quantitative estimate of drug-likeness (QED) is 0.596. The molecule has 98 valence electrons. The van der Waals surface area contributed by atoms with Crippen molar-refractivity contribution in [3.8, 4) is 0 Å². The number of hydrogen-bond acceptors (Lipinski definition) is 3. The van der Waals surface area contributed by atoms with Gasteiger partial charge in [-0.15, -0.1) is 0 Å². The number of rotatable bonds is 6. The molecule has 3 N–H and O–H groups in total. The van der Waals surface area contributed by atoms with Gasteiger partial charge in [0.25, 0.3) is 0 Å². The van der Waals surface area contributed by atoms with Crippen LogP contribution in [0.5, 0.6) is 0 Å². The fraction of sp³-hybridized carbons (Fsp3) is 0.357. The molecule has 0 aliphatic heterocycles. The van der Waals surface area contributed by atoms with E-state index in [2.05, 4.69) is 5.32 Å². The van der Waals surface area contributed by atoms with Crippen LogP contribution in [0.3, 0.4) is 0 Å². The van der Waals surface area contributed by atoms with Gasteiger partial charge in [0.1, 0.15) is 0 Å². The maximum Gasteiger partial charge on any atom is 0.244 e. The largest absolute Gasteiger partial charge is 0.399 e. The van der Waals surface area contributed by atoms with Gasteiger partial charge in [0.15, 0.2) is 0 Å². The third kappa shape index (κ3) is 5.01. The molecule has 18 heavy (non-hydrogen) atoms. The van der Waals surface area contributed by atoms with Crippen LogP contribution < -0.4 is 11.1 Å². The van der Waals surface area contributed by atoms with Crippen LogP contribution in [0.4, 0.5) is 5.69 Å². The molecule has 0 saturated heterocycles. The number of nitrogen functional groups attached to an aromatic ring is 1. The second kappa shape index (κ2) is 7.50. The molecule has 0 bridgehead atoms. The van der Waals surface area contributed by atoms with Crippen molar-refractivity contribution in [1.29, 1.82) is 0 Å². The number of ether oxygens (including phenoxy) is 1. The lowest BCUT2D eigenvalue weighted by molar-refractivity contribution is -0.117. The Morgan fingerprint density at radius 3 is 2.94 bits per heavy atom. The normalized spacial score (nSPS) is 12.6. The zero-order valence-electron chi connectivity index (χ0n) is 10.8. The zero-order valence-corrected chi connectivity index (χ0v) is 10.8. The second-order valence-corrected chi connectivity index (χ2v) is 4.07. The van der Waals surface area contributed by atoms with Gasteiger partial charge in [-0.25, -0.2) is 0 Å². The molecule has 0 spiro atoms. The van der Waals surface area contributed by atoms with Crippen LogP contribution in [0, 0.1) is 0 Å². The Morgan fingerprint density at radius 2 is 2.33 bits per heavy atom. The van der Waals surface area contributed by atoms with E-state index in [-0.39, 0.29) is 11.9 Å². The zero-order chi connectivity index (χ0) is 13.4. The van der Waals surface area contributed by atoms with Crippen molar-refractivity contribution in [3.63, 3.8) is 0 Å². The summed E-state index contributed by atoms with van der Waals surface area (Å²) in [4.78, 5) is 11.7. The smallest absolute Gasteiger partial charge is 0.244 e. The number of nitrogens with two attached hydrogens (primary N) is 1. The van der Waals surface area contributed by atoms with Crippen molar-refractivity contribution in [2.75, 3.05) is 19.5 Å². The Balaban J connectivity index is 2.53. The van der Waals surface area contributed by atoms with Crippen LogP contribution >= 0.6 is 0 Å². The van der Waals surface area contributed by atoms with Crippen LogP contribution in [0.25, 0.3) is 6.08 Å². The third-order valence-corrected chi connectivity index (χ3v) is 2.54. The second-order valence-electron chi connectivity index (χ2n) is 4.07. The molecule has 1 aromatic rings. The summed E-state index contributed by atoms with van der Waals surface area (Å²) in [5, 5.41) is 2.87. The van der Waals surface area contributed by atoms with E-state index in [4.69, 9.17) is 10.5 Å². The molecule has 0 fully saturated rings. The predicted molar refractivity (Wildman–Crippen MR) is 74.0 cm³/mol. The number of hydrogen-bond donors (Lipinski definition) is 2. The minimum absolute atomic E-state index is 0.0491. The maximum atomic E-state index is 11.7.